The van der Waals surface area contributed by atoms with Crippen molar-refractivity contribution in [3.05, 3.63) is 46.2 Å². The summed E-state index contributed by atoms with van der Waals surface area (Å²) >= 11 is 4.68. The molecule has 2 aliphatic carbocycles. The van der Waals surface area contributed by atoms with Crippen molar-refractivity contribution >= 4 is 39.2 Å². The molecule has 1 aromatic carbocycles. The van der Waals surface area contributed by atoms with E-state index in [1.165, 1.54) is 41.3 Å². The first-order valence-corrected chi connectivity index (χ1v) is 9.67. The molecule has 1 heterocycles. The summed E-state index contributed by atoms with van der Waals surface area (Å²) in [6, 6.07) is 8.58. The van der Waals surface area contributed by atoms with E-state index >= 15 is 0 Å². The molecule has 2 aromatic rings. The average molecular weight is 406 g/mol. The molecule has 0 bridgehead atoms. The molecule has 0 amide bonds. The first kappa shape index (κ1) is 15.9. The first-order chi connectivity index (χ1) is 11.6. The zero-order valence-corrected chi connectivity index (χ0v) is 15.3. The molecule has 24 heavy (non-hydrogen) atoms. The topological polar surface area (TPSA) is 68.0 Å². The third-order valence-corrected chi connectivity index (χ3v) is 5.94. The number of rotatable bonds is 5. The Morgan fingerprint density at radius 1 is 1.33 bits per heavy atom. The van der Waals surface area contributed by atoms with Crippen LogP contribution in [0.4, 0.5) is 0 Å². The zero-order valence-electron chi connectivity index (χ0n) is 12.9. The van der Waals surface area contributed by atoms with Crippen molar-refractivity contribution in [2.75, 3.05) is 5.75 Å². The van der Waals surface area contributed by atoms with Gasteiger partial charge in [0.2, 0.25) is 4.73 Å². The number of allylic oxidation sites excluding steroid dienone is 2. The standard InChI is InChI=1S/C17H16BrN3O2S/c18-16-19-20-17(24-9-15(22)23)21(16)14-8-7-11(10-5-6-10)12-3-1-2-4-13(12)14/h1-4,7,10,14H,5-6,8-9H2,(H,22,23)/t14-/m1/s1. The largest absolute Gasteiger partial charge is 0.481 e. The van der Waals surface area contributed by atoms with E-state index < -0.39 is 5.97 Å². The molecule has 0 saturated heterocycles. The minimum absolute atomic E-state index is 0.0251. The van der Waals surface area contributed by atoms with Gasteiger partial charge in [-0.1, -0.05) is 42.1 Å². The number of carboxylic acid groups (broad SMARTS) is 1. The molecule has 0 aliphatic heterocycles. The van der Waals surface area contributed by atoms with Crippen LogP contribution in [0.3, 0.4) is 0 Å². The summed E-state index contributed by atoms with van der Waals surface area (Å²) in [6.07, 6.45) is 5.77. The molecule has 2 aliphatic rings. The fraction of sp³-hybridized carbons (Fsp3) is 0.353. The predicted octanol–water partition coefficient (Wildman–Crippen LogP) is 4.00. The molecule has 7 heteroatoms. The van der Waals surface area contributed by atoms with Gasteiger partial charge in [-0.25, -0.2) is 0 Å². The Kier molecular flexibility index (Phi) is 4.22. The molecule has 1 atom stereocenters. The maximum Gasteiger partial charge on any atom is 0.313 e. The Morgan fingerprint density at radius 2 is 2.12 bits per heavy atom. The van der Waals surface area contributed by atoms with Gasteiger partial charge in [0, 0.05) is 0 Å². The molecular formula is C17H16BrN3O2S. The maximum absolute atomic E-state index is 10.9. The number of fused-ring (bicyclic) bond motifs is 1. The summed E-state index contributed by atoms with van der Waals surface area (Å²) in [5.41, 5.74) is 4.04. The van der Waals surface area contributed by atoms with Crippen molar-refractivity contribution in [1.82, 2.24) is 14.8 Å². The molecule has 0 spiro atoms. The van der Waals surface area contributed by atoms with Crippen molar-refractivity contribution < 1.29 is 9.90 Å². The van der Waals surface area contributed by atoms with Gasteiger partial charge in [-0.2, -0.15) is 0 Å². The summed E-state index contributed by atoms with van der Waals surface area (Å²) in [5, 5.41) is 17.8. The van der Waals surface area contributed by atoms with Crippen molar-refractivity contribution in [2.24, 2.45) is 5.92 Å². The number of aromatic nitrogens is 3. The Bertz CT molecular complexity index is 829. The van der Waals surface area contributed by atoms with Gasteiger partial charge in [0.05, 0.1) is 11.8 Å². The second-order valence-corrected chi connectivity index (χ2v) is 7.73. The average Bonchev–Trinajstić information content (AvgIpc) is 3.35. The second-order valence-electron chi connectivity index (χ2n) is 6.08. The molecule has 0 radical (unpaired) electrons. The zero-order chi connectivity index (χ0) is 16.7. The van der Waals surface area contributed by atoms with Crippen LogP contribution in [0.15, 0.2) is 40.2 Å². The van der Waals surface area contributed by atoms with Gasteiger partial charge in [0.15, 0.2) is 5.16 Å². The van der Waals surface area contributed by atoms with Crippen LogP contribution in [0.2, 0.25) is 0 Å². The minimum atomic E-state index is -0.856. The SMILES string of the molecule is O=C(O)CSc1nnc(Br)n1[C@@H]1CC=C(C2CC2)c2ccccc21. The van der Waals surface area contributed by atoms with Crippen LogP contribution in [0.25, 0.3) is 5.57 Å². The molecular weight excluding hydrogens is 390 g/mol. The Hall–Kier alpha value is -1.60. The smallest absolute Gasteiger partial charge is 0.313 e. The highest BCUT2D eigenvalue weighted by atomic mass is 79.9. The number of carboxylic acids is 1. The fourth-order valence-electron chi connectivity index (χ4n) is 3.30. The highest BCUT2D eigenvalue weighted by molar-refractivity contribution is 9.10. The number of hydrogen-bond acceptors (Lipinski definition) is 4. The van der Waals surface area contributed by atoms with Crippen LogP contribution >= 0.6 is 27.7 Å². The molecule has 0 unspecified atom stereocenters. The maximum atomic E-state index is 10.9. The molecule has 5 nitrogen and oxygen atoms in total. The van der Waals surface area contributed by atoms with Crippen LogP contribution in [0, 0.1) is 5.92 Å². The normalized spacial score (nSPS) is 19.7. The van der Waals surface area contributed by atoms with Gasteiger partial charge in [0.1, 0.15) is 0 Å². The van der Waals surface area contributed by atoms with Crippen molar-refractivity contribution in [2.45, 2.75) is 30.5 Å². The lowest BCUT2D eigenvalue weighted by atomic mass is 9.85. The van der Waals surface area contributed by atoms with E-state index in [0.29, 0.717) is 15.8 Å². The number of nitrogens with zero attached hydrogens (tertiary/aromatic N) is 3. The van der Waals surface area contributed by atoms with Crippen molar-refractivity contribution in [3.8, 4) is 0 Å². The van der Waals surface area contributed by atoms with Gasteiger partial charge in [-0.05, 0) is 57.8 Å². The van der Waals surface area contributed by atoms with Gasteiger partial charge in [0.25, 0.3) is 0 Å². The van der Waals surface area contributed by atoms with Gasteiger partial charge in [-0.3, -0.25) is 9.36 Å². The number of benzene rings is 1. The van der Waals surface area contributed by atoms with E-state index in [0.717, 1.165) is 6.42 Å². The summed E-state index contributed by atoms with van der Waals surface area (Å²) in [4.78, 5) is 10.9. The van der Waals surface area contributed by atoms with Gasteiger partial charge >= 0.3 is 5.97 Å². The molecule has 1 aromatic heterocycles. The number of aliphatic carboxylic acids is 1. The van der Waals surface area contributed by atoms with Crippen LogP contribution < -0.4 is 0 Å². The Labute approximate surface area is 152 Å². The fourth-order valence-corrected chi connectivity index (χ4v) is 4.61. The lowest BCUT2D eigenvalue weighted by Gasteiger charge is -2.28. The number of carbonyl (C=O) groups is 1. The van der Waals surface area contributed by atoms with Crippen molar-refractivity contribution in [3.63, 3.8) is 0 Å². The molecule has 4 rings (SSSR count). The lowest BCUT2D eigenvalue weighted by molar-refractivity contribution is -0.133. The highest BCUT2D eigenvalue weighted by Gasteiger charge is 2.33. The van der Waals surface area contributed by atoms with Crippen LogP contribution in [0.1, 0.15) is 36.4 Å². The highest BCUT2D eigenvalue weighted by Crippen LogP contribution is 2.48. The predicted molar refractivity (Wildman–Crippen MR) is 96.0 cm³/mol. The molecule has 1 N–H and O–H groups in total. The van der Waals surface area contributed by atoms with E-state index in [1.807, 2.05) is 4.57 Å². The summed E-state index contributed by atoms with van der Waals surface area (Å²) in [7, 11) is 0. The Morgan fingerprint density at radius 3 is 2.88 bits per heavy atom. The van der Waals surface area contributed by atoms with Crippen LogP contribution in [-0.2, 0) is 4.79 Å². The summed E-state index contributed by atoms with van der Waals surface area (Å²) in [5.74, 6) is -0.175. The van der Waals surface area contributed by atoms with E-state index in [9.17, 15) is 4.79 Å². The monoisotopic (exact) mass is 405 g/mol. The minimum Gasteiger partial charge on any atom is -0.481 e. The van der Waals surface area contributed by atoms with E-state index in [1.54, 1.807) is 0 Å². The van der Waals surface area contributed by atoms with E-state index in [4.69, 9.17) is 5.11 Å². The van der Waals surface area contributed by atoms with E-state index in [-0.39, 0.29) is 11.8 Å². The summed E-state index contributed by atoms with van der Waals surface area (Å²) < 4.78 is 2.64. The molecule has 1 fully saturated rings. The Balaban J connectivity index is 1.73. The van der Waals surface area contributed by atoms with E-state index in [2.05, 4.69) is 56.5 Å². The summed E-state index contributed by atoms with van der Waals surface area (Å²) in [6.45, 7) is 0. The molecule has 1 saturated carbocycles. The number of hydrogen-bond donors (Lipinski definition) is 1. The van der Waals surface area contributed by atoms with Crippen molar-refractivity contribution in [1.29, 1.82) is 0 Å². The van der Waals surface area contributed by atoms with Crippen LogP contribution in [0.5, 0.6) is 0 Å². The van der Waals surface area contributed by atoms with Crippen LogP contribution in [-0.4, -0.2) is 31.6 Å². The third kappa shape index (κ3) is 2.91. The van der Waals surface area contributed by atoms with Gasteiger partial charge < -0.3 is 5.11 Å². The third-order valence-electron chi connectivity index (χ3n) is 4.47. The lowest BCUT2D eigenvalue weighted by Crippen LogP contribution is -2.17. The number of thioether (sulfide) groups is 1. The number of halogens is 1. The second kappa shape index (κ2) is 6.37. The molecule has 124 valence electrons. The first-order valence-electron chi connectivity index (χ1n) is 7.89. The van der Waals surface area contributed by atoms with Gasteiger partial charge in [-0.15, -0.1) is 10.2 Å². The quantitative estimate of drug-likeness (QED) is 0.761.